The molecule has 1 aromatic carbocycles. The summed E-state index contributed by atoms with van der Waals surface area (Å²) in [6, 6.07) is 7.74. The Bertz CT molecular complexity index is 518. The van der Waals surface area contributed by atoms with Crippen LogP contribution in [0.2, 0.25) is 0 Å². The third-order valence-electron chi connectivity index (χ3n) is 4.33. The van der Waals surface area contributed by atoms with E-state index in [4.69, 9.17) is 9.47 Å². The Hall–Kier alpha value is -1.88. The molecule has 1 saturated carbocycles. The number of ether oxygens (including phenoxy) is 2. The zero-order valence-corrected chi connectivity index (χ0v) is 13.2. The number of hydrogen-bond donors (Lipinski definition) is 1. The topological polar surface area (TPSA) is 64.6 Å². The fourth-order valence-corrected chi connectivity index (χ4v) is 3.20. The van der Waals surface area contributed by atoms with E-state index in [1.165, 1.54) is 14.2 Å². The summed E-state index contributed by atoms with van der Waals surface area (Å²) in [5.41, 5.74) is 1.75. The van der Waals surface area contributed by atoms with Gasteiger partial charge in [0.25, 0.3) is 0 Å². The molecule has 0 unspecified atom stereocenters. The second-order valence-corrected chi connectivity index (χ2v) is 5.80. The Morgan fingerprint density at radius 2 is 1.77 bits per heavy atom. The van der Waals surface area contributed by atoms with Crippen LogP contribution in [0.1, 0.15) is 37.7 Å². The predicted molar refractivity (Wildman–Crippen MR) is 83.7 cm³/mol. The van der Waals surface area contributed by atoms with Gasteiger partial charge in [-0.2, -0.15) is 0 Å². The number of hydrogen-bond acceptors (Lipinski definition) is 4. The standard InChI is InChI=1S/C17H23NO4/c1-21-12-15(19)18-14-7-5-13(6-8-14)17(9-3-4-10-17)11-16(20)22-2/h5-8H,3-4,9-12H2,1-2H3,(H,18,19). The molecule has 0 atom stereocenters. The molecule has 1 N–H and O–H groups in total. The molecule has 0 aromatic heterocycles. The van der Waals surface area contributed by atoms with Crippen molar-refractivity contribution in [3.63, 3.8) is 0 Å². The third kappa shape index (κ3) is 3.85. The fourth-order valence-electron chi connectivity index (χ4n) is 3.20. The van der Waals surface area contributed by atoms with Gasteiger partial charge in [0.05, 0.1) is 13.5 Å². The van der Waals surface area contributed by atoms with Crippen LogP contribution in [0.4, 0.5) is 5.69 Å². The highest BCUT2D eigenvalue weighted by Gasteiger charge is 2.37. The average molecular weight is 305 g/mol. The molecule has 0 heterocycles. The Kier molecular flexibility index (Phi) is 5.55. The van der Waals surface area contributed by atoms with E-state index in [2.05, 4.69) is 5.32 Å². The van der Waals surface area contributed by atoms with E-state index in [0.29, 0.717) is 6.42 Å². The van der Waals surface area contributed by atoms with Gasteiger partial charge in [0.1, 0.15) is 6.61 Å². The summed E-state index contributed by atoms with van der Waals surface area (Å²) >= 11 is 0. The molecule has 0 aliphatic heterocycles. The minimum absolute atomic E-state index is 0.0357. The molecular formula is C17H23NO4. The molecule has 0 radical (unpaired) electrons. The lowest BCUT2D eigenvalue weighted by Crippen LogP contribution is -2.26. The van der Waals surface area contributed by atoms with Gasteiger partial charge in [0, 0.05) is 18.2 Å². The van der Waals surface area contributed by atoms with Gasteiger partial charge in [-0.15, -0.1) is 0 Å². The maximum atomic E-state index is 11.7. The normalized spacial score (nSPS) is 16.3. The number of anilines is 1. The minimum atomic E-state index is -0.180. The molecule has 0 spiro atoms. The first kappa shape index (κ1) is 16.5. The van der Waals surface area contributed by atoms with Crippen molar-refractivity contribution in [2.45, 2.75) is 37.5 Å². The van der Waals surface area contributed by atoms with Crippen LogP contribution >= 0.6 is 0 Å². The summed E-state index contributed by atoms with van der Waals surface area (Å²) in [7, 11) is 2.92. The summed E-state index contributed by atoms with van der Waals surface area (Å²) in [5.74, 6) is -0.347. The summed E-state index contributed by atoms with van der Waals surface area (Å²) < 4.78 is 9.64. The number of rotatable bonds is 6. The van der Waals surface area contributed by atoms with Crippen LogP contribution in [0.5, 0.6) is 0 Å². The molecule has 5 nitrogen and oxygen atoms in total. The number of amides is 1. The Morgan fingerprint density at radius 1 is 1.14 bits per heavy atom. The smallest absolute Gasteiger partial charge is 0.306 e. The van der Waals surface area contributed by atoms with E-state index in [0.717, 1.165) is 36.9 Å². The average Bonchev–Trinajstić information content (AvgIpc) is 2.97. The lowest BCUT2D eigenvalue weighted by atomic mass is 9.76. The summed E-state index contributed by atoms with van der Waals surface area (Å²) in [6.07, 6.45) is 4.67. The molecule has 22 heavy (non-hydrogen) atoms. The van der Waals surface area contributed by atoms with Crippen LogP contribution in [0.25, 0.3) is 0 Å². The molecule has 5 heteroatoms. The molecule has 1 aliphatic carbocycles. The van der Waals surface area contributed by atoms with E-state index in [1.54, 1.807) is 0 Å². The van der Waals surface area contributed by atoms with Crippen molar-refractivity contribution < 1.29 is 19.1 Å². The van der Waals surface area contributed by atoms with Crippen molar-refractivity contribution in [2.75, 3.05) is 26.1 Å². The van der Waals surface area contributed by atoms with Crippen LogP contribution in [-0.2, 0) is 24.5 Å². The Morgan fingerprint density at radius 3 is 2.32 bits per heavy atom. The molecule has 0 saturated heterocycles. The second-order valence-electron chi connectivity index (χ2n) is 5.80. The van der Waals surface area contributed by atoms with E-state index in [9.17, 15) is 9.59 Å². The molecule has 1 aromatic rings. The first-order chi connectivity index (χ1) is 10.6. The number of methoxy groups -OCH3 is 2. The number of nitrogens with one attached hydrogen (secondary N) is 1. The maximum absolute atomic E-state index is 11.7. The van der Waals surface area contributed by atoms with Gasteiger partial charge in [-0.05, 0) is 30.5 Å². The molecular weight excluding hydrogens is 282 g/mol. The van der Waals surface area contributed by atoms with Crippen molar-refractivity contribution in [1.82, 2.24) is 0 Å². The first-order valence-corrected chi connectivity index (χ1v) is 7.56. The number of carbonyl (C=O) groups excluding carboxylic acids is 2. The molecule has 0 bridgehead atoms. The maximum Gasteiger partial charge on any atom is 0.306 e. The van der Waals surface area contributed by atoms with Gasteiger partial charge >= 0.3 is 5.97 Å². The summed E-state index contributed by atoms with van der Waals surface area (Å²) in [5, 5.41) is 2.77. The summed E-state index contributed by atoms with van der Waals surface area (Å²) in [4.78, 5) is 23.2. The van der Waals surface area contributed by atoms with Gasteiger partial charge in [-0.3, -0.25) is 9.59 Å². The van der Waals surface area contributed by atoms with Crippen molar-refractivity contribution in [1.29, 1.82) is 0 Å². The van der Waals surface area contributed by atoms with Crippen molar-refractivity contribution >= 4 is 17.6 Å². The molecule has 1 aliphatic rings. The Balaban J connectivity index is 2.12. The Labute approximate surface area is 131 Å². The fraction of sp³-hybridized carbons (Fsp3) is 0.529. The van der Waals surface area contributed by atoms with Crippen LogP contribution in [0.15, 0.2) is 24.3 Å². The molecule has 1 amide bonds. The van der Waals surface area contributed by atoms with Crippen molar-refractivity contribution in [2.24, 2.45) is 0 Å². The number of carbonyl (C=O) groups is 2. The van der Waals surface area contributed by atoms with Gasteiger partial charge in [0.15, 0.2) is 0 Å². The van der Waals surface area contributed by atoms with E-state index >= 15 is 0 Å². The summed E-state index contributed by atoms with van der Waals surface area (Å²) in [6.45, 7) is 0.0357. The van der Waals surface area contributed by atoms with Crippen LogP contribution in [0.3, 0.4) is 0 Å². The minimum Gasteiger partial charge on any atom is -0.469 e. The zero-order valence-electron chi connectivity index (χ0n) is 13.2. The molecule has 2 rings (SSSR count). The third-order valence-corrected chi connectivity index (χ3v) is 4.33. The van der Waals surface area contributed by atoms with Crippen molar-refractivity contribution in [3.8, 4) is 0 Å². The van der Waals surface area contributed by atoms with Gasteiger partial charge in [0.2, 0.25) is 5.91 Å². The SMILES string of the molecule is COCC(=O)Nc1ccc(C2(CC(=O)OC)CCCC2)cc1. The van der Waals surface area contributed by atoms with Gasteiger partial charge in [-0.1, -0.05) is 25.0 Å². The lowest BCUT2D eigenvalue weighted by molar-refractivity contribution is -0.142. The predicted octanol–water partition coefficient (Wildman–Crippen LogP) is 2.65. The second kappa shape index (κ2) is 7.40. The van der Waals surface area contributed by atoms with Gasteiger partial charge < -0.3 is 14.8 Å². The highest BCUT2D eigenvalue weighted by molar-refractivity contribution is 5.91. The highest BCUT2D eigenvalue weighted by Crippen LogP contribution is 2.44. The van der Waals surface area contributed by atoms with Crippen LogP contribution in [0, 0.1) is 0 Å². The van der Waals surface area contributed by atoms with Crippen LogP contribution < -0.4 is 5.32 Å². The molecule has 120 valence electrons. The highest BCUT2D eigenvalue weighted by atomic mass is 16.5. The zero-order chi connectivity index (χ0) is 16.0. The van der Waals surface area contributed by atoms with E-state index < -0.39 is 0 Å². The van der Waals surface area contributed by atoms with Crippen LogP contribution in [-0.4, -0.2) is 32.7 Å². The quantitative estimate of drug-likeness (QED) is 0.821. The van der Waals surface area contributed by atoms with Gasteiger partial charge in [-0.25, -0.2) is 0 Å². The van der Waals surface area contributed by atoms with Crippen molar-refractivity contribution in [3.05, 3.63) is 29.8 Å². The van der Waals surface area contributed by atoms with E-state index in [1.807, 2.05) is 24.3 Å². The lowest BCUT2D eigenvalue weighted by Gasteiger charge is -2.28. The number of esters is 1. The largest absolute Gasteiger partial charge is 0.469 e. The first-order valence-electron chi connectivity index (χ1n) is 7.56. The monoisotopic (exact) mass is 305 g/mol. The number of benzene rings is 1. The van der Waals surface area contributed by atoms with E-state index in [-0.39, 0.29) is 23.9 Å². The molecule has 1 fully saturated rings.